The molecule has 0 saturated heterocycles. The summed E-state index contributed by atoms with van der Waals surface area (Å²) in [5, 5.41) is 3.49. The second-order valence-corrected chi connectivity index (χ2v) is 5.09. The largest absolute Gasteiger partial charge is 0.493 e. The number of rotatable bonds is 6. The first-order chi connectivity index (χ1) is 10.2. The van der Waals surface area contributed by atoms with Gasteiger partial charge in [0.1, 0.15) is 0 Å². The van der Waals surface area contributed by atoms with Crippen molar-refractivity contribution in [2.45, 2.75) is 26.4 Å². The summed E-state index contributed by atoms with van der Waals surface area (Å²) >= 11 is 0. The highest BCUT2D eigenvalue weighted by Crippen LogP contribution is 2.46. The zero-order chi connectivity index (χ0) is 15.4. The third-order valence-corrected chi connectivity index (χ3v) is 4.19. The fraction of sp³-hybridized carbons (Fsp3) is 0.625. The molecule has 5 heteroatoms. The number of nitrogens with one attached hydrogen (secondary N) is 1. The van der Waals surface area contributed by atoms with Crippen LogP contribution in [-0.2, 0) is 6.54 Å². The summed E-state index contributed by atoms with van der Waals surface area (Å²) in [6, 6.07) is 2.35. The zero-order valence-electron chi connectivity index (χ0n) is 13.7. The first kappa shape index (κ1) is 15.9. The predicted molar refractivity (Wildman–Crippen MR) is 83.5 cm³/mol. The normalized spacial score (nSPS) is 17.5. The van der Waals surface area contributed by atoms with E-state index >= 15 is 0 Å². The lowest BCUT2D eigenvalue weighted by Crippen LogP contribution is -2.39. The summed E-state index contributed by atoms with van der Waals surface area (Å²) in [5.41, 5.74) is 2.44. The maximum atomic E-state index is 5.69. The molecule has 0 unspecified atom stereocenters. The molecule has 0 saturated carbocycles. The van der Waals surface area contributed by atoms with E-state index in [4.69, 9.17) is 14.2 Å². The van der Waals surface area contributed by atoms with Crippen LogP contribution in [0.15, 0.2) is 6.07 Å². The molecule has 0 bridgehead atoms. The summed E-state index contributed by atoms with van der Waals surface area (Å²) in [4.78, 5) is 2.43. The molecule has 1 atom stereocenters. The molecule has 0 fully saturated rings. The van der Waals surface area contributed by atoms with Gasteiger partial charge in [0, 0.05) is 18.7 Å². The maximum absolute atomic E-state index is 5.69. The van der Waals surface area contributed by atoms with Crippen molar-refractivity contribution in [3.05, 3.63) is 17.2 Å². The van der Waals surface area contributed by atoms with Crippen LogP contribution in [0.4, 0.5) is 0 Å². The van der Waals surface area contributed by atoms with Gasteiger partial charge in [-0.15, -0.1) is 0 Å². The lowest BCUT2D eigenvalue weighted by molar-refractivity contribution is 0.197. The molecular weight excluding hydrogens is 268 g/mol. The van der Waals surface area contributed by atoms with Crippen LogP contribution >= 0.6 is 0 Å². The van der Waals surface area contributed by atoms with Crippen LogP contribution in [0.1, 0.15) is 31.0 Å². The molecule has 1 aromatic rings. The van der Waals surface area contributed by atoms with Crippen molar-refractivity contribution in [1.82, 2.24) is 10.2 Å². The fourth-order valence-corrected chi connectivity index (χ4v) is 3.16. The maximum Gasteiger partial charge on any atom is 0.203 e. The molecule has 5 nitrogen and oxygen atoms in total. The molecule has 0 spiro atoms. The van der Waals surface area contributed by atoms with E-state index in [0.717, 1.165) is 37.7 Å². The van der Waals surface area contributed by atoms with Crippen molar-refractivity contribution in [3.63, 3.8) is 0 Å². The third-order valence-electron chi connectivity index (χ3n) is 4.19. The molecule has 2 rings (SSSR count). The van der Waals surface area contributed by atoms with Gasteiger partial charge in [-0.1, -0.05) is 13.8 Å². The van der Waals surface area contributed by atoms with Gasteiger partial charge < -0.3 is 19.5 Å². The Morgan fingerprint density at radius 1 is 1.10 bits per heavy atom. The Morgan fingerprint density at radius 2 is 1.76 bits per heavy atom. The number of methoxy groups -OCH3 is 3. The Balaban J connectivity index is 2.60. The van der Waals surface area contributed by atoms with Gasteiger partial charge in [-0.3, -0.25) is 4.90 Å². The number of benzene rings is 1. The van der Waals surface area contributed by atoms with Crippen molar-refractivity contribution in [1.29, 1.82) is 0 Å². The van der Waals surface area contributed by atoms with Gasteiger partial charge in [0.2, 0.25) is 5.75 Å². The van der Waals surface area contributed by atoms with Crippen molar-refractivity contribution < 1.29 is 14.2 Å². The van der Waals surface area contributed by atoms with Crippen molar-refractivity contribution in [2.24, 2.45) is 0 Å². The van der Waals surface area contributed by atoms with Crippen molar-refractivity contribution in [2.75, 3.05) is 41.0 Å². The molecule has 0 aliphatic carbocycles. The van der Waals surface area contributed by atoms with E-state index in [0.29, 0.717) is 11.8 Å². The molecular formula is C16H26N2O3. The zero-order valence-corrected chi connectivity index (χ0v) is 13.7. The van der Waals surface area contributed by atoms with Gasteiger partial charge in [-0.25, -0.2) is 0 Å². The van der Waals surface area contributed by atoms with Crippen LogP contribution in [0.2, 0.25) is 0 Å². The summed E-state index contributed by atoms with van der Waals surface area (Å²) in [6.07, 6.45) is 0. The SMILES string of the molecule is CCN(CC)[C@@H]1CNCc2cc(OC)c(OC)c(OC)c21. The van der Waals surface area contributed by atoms with Crippen molar-refractivity contribution in [3.8, 4) is 17.2 Å². The average molecular weight is 294 g/mol. The Kier molecular flexibility index (Phi) is 5.31. The van der Waals surface area contributed by atoms with E-state index in [9.17, 15) is 0 Å². The van der Waals surface area contributed by atoms with E-state index in [-0.39, 0.29) is 0 Å². The van der Waals surface area contributed by atoms with Gasteiger partial charge in [0.25, 0.3) is 0 Å². The van der Waals surface area contributed by atoms with Gasteiger partial charge >= 0.3 is 0 Å². The first-order valence-electron chi connectivity index (χ1n) is 7.48. The van der Waals surface area contributed by atoms with E-state index < -0.39 is 0 Å². The van der Waals surface area contributed by atoms with Gasteiger partial charge in [0.15, 0.2) is 11.5 Å². The molecule has 1 heterocycles. The van der Waals surface area contributed by atoms with E-state index in [1.165, 1.54) is 11.1 Å². The lowest BCUT2D eigenvalue weighted by Gasteiger charge is -2.36. The molecule has 0 amide bonds. The number of nitrogens with zero attached hydrogens (tertiary/aromatic N) is 1. The van der Waals surface area contributed by atoms with Crippen LogP contribution in [-0.4, -0.2) is 45.9 Å². The van der Waals surface area contributed by atoms with Crippen LogP contribution in [0.25, 0.3) is 0 Å². The second kappa shape index (κ2) is 7.00. The Morgan fingerprint density at radius 3 is 2.29 bits per heavy atom. The summed E-state index contributed by atoms with van der Waals surface area (Å²) < 4.78 is 16.7. The minimum Gasteiger partial charge on any atom is -0.493 e. The Hall–Kier alpha value is -1.46. The highest BCUT2D eigenvalue weighted by Gasteiger charge is 2.31. The van der Waals surface area contributed by atoms with Crippen LogP contribution < -0.4 is 19.5 Å². The highest BCUT2D eigenvalue weighted by atomic mass is 16.5. The Bertz CT molecular complexity index is 487. The fourth-order valence-electron chi connectivity index (χ4n) is 3.16. The smallest absolute Gasteiger partial charge is 0.203 e. The standard InChI is InChI=1S/C16H26N2O3/c1-6-18(7-2)12-10-17-9-11-8-13(19-3)15(20-4)16(21-5)14(11)12/h8,12,17H,6-7,9-10H2,1-5H3/t12-/m1/s1. The number of hydrogen-bond donors (Lipinski definition) is 1. The molecule has 0 aromatic heterocycles. The molecule has 1 N–H and O–H groups in total. The number of hydrogen-bond acceptors (Lipinski definition) is 5. The minimum absolute atomic E-state index is 0.290. The number of fused-ring (bicyclic) bond motifs is 1. The molecule has 1 aromatic carbocycles. The van der Waals surface area contributed by atoms with Crippen molar-refractivity contribution >= 4 is 0 Å². The molecule has 0 radical (unpaired) electrons. The number of ether oxygens (including phenoxy) is 3. The van der Waals surface area contributed by atoms with Gasteiger partial charge in [0.05, 0.1) is 27.4 Å². The molecule has 118 valence electrons. The summed E-state index contributed by atoms with van der Waals surface area (Å²) in [7, 11) is 5.00. The third kappa shape index (κ3) is 2.80. The first-order valence-corrected chi connectivity index (χ1v) is 7.48. The number of likely N-dealkylation sites (N-methyl/N-ethyl adjacent to an activating group) is 1. The molecule has 1 aliphatic rings. The van der Waals surface area contributed by atoms with E-state index in [2.05, 4.69) is 30.1 Å². The predicted octanol–water partition coefficient (Wildman–Crippen LogP) is 2.20. The van der Waals surface area contributed by atoms with E-state index in [1.807, 2.05) is 0 Å². The Labute approximate surface area is 127 Å². The monoisotopic (exact) mass is 294 g/mol. The second-order valence-electron chi connectivity index (χ2n) is 5.09. The minimum atomic E-state index is 0.290. The van der Waals surface area contributed by atoms with Crippen LogP contribution in [0, 0.1) is 0 Å². The molecule has 1 aliphatic heterocycles. The molecule has 21 heavy (non-hydrogen) atoms. The summed E-state index contributed by atoms with van der Waals surface area (Å²) in [6.45, 7) is 8.11. The average Bonchev–Trinajstić information content (AvgIpc) is 2.53. The lowest BCUT2D eigenvalue weighted by atomic mass is 9.93. The van der Waals surface area contributed by atoms with Crippen LogP contribution in [0.5, 0.6) is 17.2 Å². The summed E-state index contributed by atoms with van der Waals surface area (Å²) in [5.74, 6) is 2.19. The van der Waals surface area contributed by atoms with Gasteiger partial charge in [-0.2, -0.15) is 0 Å². The highest BCUT2D eigenvalue weighted by molar-refractivity contribution is 5.60. The van der Waals surface area contributed by atoms with Gasteiger partial charge in [-0.05, 0) is 24.7 Å². The quantitative estimate of drug-likeness (QED) is 0.871. The van der Waals surface area contributed by atoms with Crippen LogP contribution in [0.3, 0.4) is 0 Å². The topological polar surface area (TPSA) is 43.0 Å². The van der Waals surface area contributed by atoms with E-state index in [1.54, 1.807) is 21.3 Å².